The maximum Gasteiger partial charge on any atom is 0.256 e. The zero-order valence-electron chi connectivity index (χ0n) is 10.3. The van der Waals surface area contributed by atoms with Crippen LogP contribution in [0.1, 0.15) is 21.5 Å². The van der Waals surface area contributed by atoms with Crippen molar-refractivity contribution in [3.05, 3.63) is 71.3 Å². The smallest absolute Gasteiger partial charge is 0.256 e. The molecule has 1 aliphatic heterocycles. The first-order valence-electron chi connectivity index (χ1n) is 6.13. The first-order chi connectivity index (χ1) is 9.24. The number of nitrogens with one attached hydrogen (secondary N) is 1. The lowest BCUT2D eigenvalue weighted by atomic mass is 10.1. The molecule has 0 bridgehead atoms. The molecule has 0 spiro atoms. The summed E-state index contributed by atoms with van der Waals surface area (Å²) in [5.74, 6) is 0.0511. The Hall–Kier alpha value is -2.55. The van der Waals surface area contributed by atoms with Gasteiger partial charge >= 0.3 is 0 Å². The molecule has 1 aliphatic rings. The fourth-order valence-electron chi connectivity index (χ4n) is 2.21. The Labute approximate surface area is 111 Å². The van der Waals surface area contributed by atoms with Gasteiger partial charge in [0.1, 0.15) is 5.75 Å². The van der Waals surface area contributed by atoms with E-state index < -0.39 is 0 Å². The van der Waals surface area contributed by atoms with Crippen molar-refractivity contribution in [1.29, 1.82) is 0 Å². The van der Waals surface area contributed by atoms with E-state index in [0.717, 1.165) is 17.7 Å². The summed E-state index contributed by atoms with van der Waals surface area (Å²) in [6, 6.07) is 14.8. The standard InChI is InChI=1S/C16H13NO2/c18-12-7-8-13-14(10-12)15(17-16(13)19)9-6-11-4-2-1-3-5-11/h1-5,7-10,18H,6H2,(H,17,19)/b15-9-. The first-order valence-corrected chi connectivity index (χ1v) is 6.13. The highest BCUT2D eigenvalue weighted by Crippen LogP contribution is 2.28. The SMILES string of the molecule is O=C1N/C(=C\Cc2ccccc2)c2cc(O)ccc21. The molecule has 1 heterocycles. The Morgan fingerprint density at radius 1 is 1.05 bits per heavy atom. The molecular formula is C16H13NO2. The van der Waals surface area contributed by atoms with Crippen LogP contribution in [-0.2, 0) is 6.42 Å². The number of benzene rings is 2. The van der Waals surface area contributed by atoms with Crippen molar-refractivity contribution >= 4 is 11.6 Å². The lowest BCUT2D eigenvalue weighted by Gasteiger charge is -2.01. The number of carbonyl (C=O) groups excluding carboxylic acids is 1. The van der Waals surface area contributed by atoms with E-state index in [4.69, 9.17) is 0 Å². The molecule has 3 nitrogen and oxygen atoms in total. The average molecular weight is 251 g/mol. The van der Waals surface area contributed by atoms with Gasteiger partial charge in [-0.25, -0.2) is 0 Å². The van der Waals surface area contributed by atoms with Crippen molar-refractivity contribution in [2.45, 2.75) is 6.42 Å². The Balaban J connectivity index is 1.92. The van der Waals surface area contributed by atoms with E-state index in [-0.39, 0.29) is 11.7 Å². The van der Waals surface area contributed by atoms with Crippen LogP contribution in [0.15, 0.2) is 54.6 Å². The maximum atomic E-state index is 11.8. The van der Waals surface area contributed by atoms with Gasteiger partial charge < -0.3 is 10.4 Å². The van der Waals surface area contributed by atoms with Gasteiger partial charge in [-0.1, -0.05) is 36.4 Å². The zero-order chi connectivity index (χ0) is 13.2. The Kier molecular flexibility index (Phi) is 2.80. The molecule has 3 rings (SSSR count). The summed E-state index contributed by atoms with van der Waals surface area (Å²) in [6.07, 6.45) is 2.71. The molecule has 0 unspecified atom stereocenters. The first kappa shape index (κ1) is 11.5. The van der Waals surface area contributed by atoms with E-state index in [1.165, 1.54) is 11.6 Å². The van der Waals surface area contributed by atoms with Crippen LogP contribution in [0.2, 0.25) is 0 Å². The molecule has 94 valence electrons. The predicted octanol–water partition coefficient (Wildman–Crippen LogP) is 2.72. The van der Waals surface area contributed by atoms with E-state index >= 15 is 0 Å². The van der Waals surface area contributed by atoms with Crippen LogP contribution in [0.3, 0.4) is 0 Å². The van der Waals surface area contributed by atoms with E-state index in [1.807, 2.05) is 36.4 Å². The molecule has 0 radical (unpaired) electrons. The summed E-state index contributed by atoms with van der Waals surface area (Å²) in [6.45, 7) is 0. The van der Waals surface area contributed by atoms with E-state index in [0.29, 0.717) is 5.56 Å². The molecule has 2 aromatic carbocycles. The molecule has 0 saturated carbocycles. The Morgan fingerprint density at radius 2 is 1.84 bits per heavy atom. The number of phenols is 1. The quantitative estimate of drug-likeness (QED) is 0.862. The number of hydrogen-bond acceptors (Lipinski definition) is 2. The van der Waals surface area contributed by atoms with Gasteiger partial charge in [-0.2, -0.15) is 0 Å². The predicted molar refractivity (Wildman–Crippen MR) is 73.7 cm³/mol. The normalized spacial score (nSPS) is 15.4. The van der Waals surface area contributed by atoms with Gasteiger partial charge in [0.2, 0.25) is 0 Å². The number of fused-ring (bicyclic) bond motifs is 1. The molecule has 0 fully saturated rings. The van der Waals surface area contributed by atoms with Crippen molar-refractivity contribution in [3.63, 3.8) is 0 Å². The minimum absolute atomic E-state index is 0.116. The summed E-state index contributed by atoms with van der Waals surface area (Å²) < 4.78 is 0. The number of phenolic OH excluding ortho intramolecular Hbond substituents is 1. The topological polar surface area (TPSA) is 49.3 Å². The lowest BCUT2D eigenvalue weighted by molar-refractivity contribution is 0.0981. The van der Waals surface area contributed by atoms with Gasteiger partial charge in [0, 0.05) is 16.8 Å². The maximum absolute atomic E-state index is 11.8. The summed E-state index contributed by atoms with van der Waals surface area (Å²) in [7, 11) is 0. The molecular weight excluding hydrogens is 238 g/mol. The zero-order valence-corrected chi connectivity index (χ0v) is 10.3. The van der Waals surface area contributed by atoms with Crippen molar-refractivity contribution in [1.82, 2.24) is 5.32 Å². The highest BCUT2D eigenvalue weighted by molar-refractivity contribution is 6.09. The van der Waals surface area contributed by atoms with Crippen LogP contribution < -0.4 is 5.32 Å². The van der Waals surface area contributed by atoms with Gasteiger partial charge in [0.05, 0.1) is 0 Å². The van der Waals surface area contributed by atoms with E-state index in [1.54, 1.807) is 12.1 Å². The van der Waals surface area contributed by atoms with Crippen molar-refractivity contribution in [2.75, 3.05) is 0 Å². The third kappa shape index (κ3) is 2.22. The molecule has 0 aliphatic carbocycles. The molecule has 1 amide bonds. The average Bonchev–Trinajstić information content (AvgIpc) is 2.74. The second-order valence-corrected chi connectivity index (χ2v) is 4.49. The van der Waals surface area contributed by atoms with Crippen LogP contribution in [0, 0.1) is 0 Å². The van der Waals surface area contributed by atoms with Gasteiger partial charge in [0.15, 0.2) is 0 Å². The van der Waals surface area contributed by atoms with Crippen LogP contribution in [0.4, 0.5) is 0 Å². The molecule has 0 saturated heterocycles. The third-order valence-electron chi connectivity index (χ3n) is 3.17. The highest BCUT2D eigenvalue weighted by Gasteiger charge is 2.23. The van der Waals surface area contributed by atoms with Gasteiger partial charge in [-0.05, 0) is 30.2 Å². The molecule has 19 heavy (non-hydrogen) atoms. The summed E-state index contributed by atoms with van der Waals surface area (Å²) in [5, 5.41) is 12.3. The molecule has 0 atom stereocenters. The number of amides is 1. The van der Waals surface area contributed by atoms with E-state index in [2.05, 4.69) is 5.32 Å². The van der Waals surface area contributed by atoms with Crippen molar-refractivity contribution < 1.29 is 9.90 Å². The molecule has 0 aromatic heterocycles. The summed E-state index contributed by atoms with van der Waals surface area (Å²) in [4.78, 5) is 11.8. The van der Waals surface area contributed by atoms with Crippen LogP contribution in [0.5, 0.6) is 5.75 Å². The monoisotopic (exact) mass is 251 g/mol. The van der Waals surface area contributed by atoms with Crippen molar-refractivity contribution in [2.24, 2.45) is 0 Å². The van der Waals surface area contributed by atoms with Gasteiger partial charge in [-0.15, -0.1) is 0 Å². The highest BCUT2D eigenvalue weighted by atomic mass is 16.3. The minimum atomic E-state index is -0.116. The van der Waals surface area contributed by atoms with Crippen molar-refractivity contribution in [3.8, 4) is 5.75 Å². The second kappa shape index (κ2) is 4.61. The lowest BCUT2D eigenvalue weighted by Crippen LogP contribution is -2.12. The van der Waals surface area contributed by atoms with Crippen LogP contribution in [-0.4, -0.2) is 11.0 Å². The van der Waals surface area contributed by atoms with Gasteiger partial charge in [0.25, 0.3) is 5.91 Å². The number of aromatic hydroxyl groups is 1. The summed E-state index contributed by atoms with van der Waals surface area (Å²) >= 11 is 0. The number of hydrogen-bond donors (Lipinski definition) is 2. The van der Waals surface area contributed by atoms with Crippen LogP contribution >= 0.6 is 0 Å². The van der Waals surface area contributed by atoms with Gasteiger partial charge in [-0.3, -0.25) is 4.79 Å². The summed E-state index contributed by atoms with van der Waals surface area (Å²) in [5.41, 5.74) is 3.32. The fourth-order valence-corrected chi connectivity index (χ4v) is 2.21. The molecule has 2 aromatic rings. The minimum Gasteiger partial charge on any atom is -0.508 e. The number of allylic oxidation sites excluding steroid dienone is 1. The fraction of sp³-hybridized carbons (Fsp3) is 0.0625. The Morgan fingerprint density at radius 3 is 2.63 bits per heavy atom. The molecule has 2 N–H and O–H groups in total. The molecule has 3 heteroatoms. The largest absolute Gasteiger partial charge is 0.508 e. The second-order valence-electron chi connectivity index (χ2n) is 4.49. The van der Waals surface area contributed by atoms with Crippen LogP contribution in [0.25, 0.3) is 5.70 Å². The Bertz CT molecular complexity index is 660. The number of carbonyl (C=O) groups is 1. The third-order valence-corrected chi connectivity index (χ3v) is 3.17. The van der Waals surface area contributed by atoms with E-state index in [9.17, 15) is 9.90 Å². The number of rotatable bonds is 2.